The second kappa shape index (κ2) is 8.89. The van der Waals surface area contributed by atoms with Crippen LogP contribution in [0.5, 0.6) is 5.75 Å². The molecular weight excluding hydrogens is 424 g/mol. The van der Waals surface area contributed by atoms with Crippen LogP contribution in [-0.2, 0) is 9.59 Å². The number of nitrogens with zero attached hydrogens (tertiary/aromatic N) is 1. The first-order valence-electron chi connectivity index (χ1n) is 10.4. The molecule has 1 aliphatic rings. The summed E-state index contributed by atoms with van der Waals surface area (Å²) in [6.07, 6.45) is 0. The van der Waals surface area contributed by atoms with Gasteiger partial charge in [-0.05, 0) is 62.2 Å². The Balaban J connectivity index is 1.87. The second-order valence-electron chi connectivity index (χ2n) is 7.55. The van der Waals surface area contributed by atoms with Gasteiger partial charge in [0.25, 0.3) is 11.8 Å². The maximum Gasteiger partial charge on any atom is 0.282 e. The van der Waals surface area contributed by atoms with Crippen LogP contribution in [0.1, 0.15) is 23.6 Å². The van der Waals surface area contributed by atoms with Gasteiger partial charge in [0.1, 0.15) is 11.4 Å². The van der Waals surface area contributed by atoms with E-state index >= 15 is 0 Å². The number of carbonyl (C=O) groups is 2. The van der Waals surface area contributed by atoms with Crippen LogP contribution < -0.4 is 15.0 Å². The van der Waals surface area contributed by atoms with Gasteiger partial charge in [-0.1, -0.05) is 53.6 Å². The molecule has 32 heavy (non-hydrogen) atoms. The number of hydrogen-bond acceptors (Lipinski definition) is 4. The molecule has 0 unspecified atom stereocenters. The van der Waals surface area contributed by atoms with E-state index in [0.717, 1.165) is 16.0 Å². The Kier molecular flexibility index (Phi) is 6.01. The Hall–Kier alpha value is -3.57. The van der Waals surface area contributed by atoms with E-state index in [1.807, 2.05) is 63.2 Å². The molecule has 1 aliphatic heterocycles. The van der Waals surface area contributed by atoms with Crippen LogP contribution in [0.2, 0.25) is 5.02 Å². The summed E-state index contributed by atoms with van der Waals surface area (Å²) in [5, 5.41) is 3.63. The van der Waals surface area contributed by atoms with E-state index in [-0.39, 0.29) is 5.70 Å². The average molecular weight is 447 g/mol. The normalized spacial score (nSPS) is 13.7. The van der Waals surface area contributed by atoms with Gasteiger partial charge in [-0.25, -0.2) is 4.90 Å². The highest BCUT2D eigenvalue weighted by molar-refractivity contribution is 6.46. The number of ether oxygens (including phenoxy) is 1. The molecule has 1 N–H and O–H groups in total. The zero-order chi connectivity index (χ0) is 22.8. The molecule has 0 aliphatic carbocycles. The number of amides is 2. The SMILES string of the molecule is CCOc1ccccc1NC1=C(c2ccc(C)cc2C)C(=O)N(c2cccc(Cl)c2)C1=O. The van der Waals surface area contributed by atoms with Crippen molar-refractivity contribution in [2.45, 2.75) is 20.8 Å². The molecule has 3 aromatic carbocycles. The van der Waals surface area contributed by atoms with E-state index in [4.69, 9.17) is 16.3 Å². The number of carbonyl (C=O) groups excluding carboxylic acids is 2. The van der Waals surface area contributed by atoms with Crippen molar-refractivity contribution in [3.63, 3.8) is 0 Å². The molecule has 0 spiro atoms. The van der Waals surface area contributed by atoms with Crippen molar-refractivity contribution in [1.82, 2.24) is 0 Å². The predicted octanol–water partition coefficient (Wildman–Crippen LogP) is 5.75. The number of anilines is 2. The van der Waals surface area contributed by atoms with Crippen molar-refractivity contribution in [2.24, 2.45) is 0 Å². The maximum absolute atomic E-state index is 13.6. The molecule has 162 valence electrons. The molecule has 1 heterocycles. The van der Waals surface area contributed by atoms with Crippen LogP contribution in [0, 0.1) is 13.8 Å². The minimum absolute atomic E-state index is 0.203. The van der Waals surface area contributed by atoms with Gasteiger partial charge in [0.05, 0.1) is 23.6 Å². The van der Waals surface area contributed by atoms with E-state index in [2.05, 4.69) is 5.32 Å². The highest BCUT2D eigenvalue weighted by Gasteiger charge is 2.41. The van der Waals surface area contributed by atoms with E-state index < -0.39 is 11.8 Å². The topological polar surface area (TPSA) is 58.6 Å². The first kappa shape index (κ1) is 21.7. The van der Waals surface area contributed by atoms with Crippen molar-refractivity contribution >= 4 is 40.4 Å². The Morgan fingerprint density at radius 1 is 0.938 bits per heavy atom. The molecule has 0 radical (unpaired) electrons. The van der Waals surface area contributed by atoms with Crippen molar-refractivity contribution in [3.8, 4) is 5.75 Å². The Morgan fingerprint density at radius 2 is 1.72 bits per heavy atom. The van der Waals surface area contributed by atoms with Crippen LogP contribution in [-0.4, -0.2) is 18.4 Å². The number of aryl methyl sites for hydroxylation is 2. The summed E-state index contributed by atoms with van der Waals surface area (Å²) in [5.74, 6) is -0.247. The molecular formula is C26H23ClN2O3. The molecule has 4 rings (SSSR count). The predicted molar refractivity (Wildman–Crippen MR) is 128 cm³/mol. The number of hydrogen-bond donors (Lipinski definition) is 1. The molecule has 0 bridgehead atoms. The van der Waals surface area contributed by atoms with Crippen molar-refractivity contribution < 1.29 is 14.3 Å². The molecule has 5 nitrogen and oxygen atoms in total. The van der Waals surface area contributed by atoms with Gasteiger partial charge in [-0.3, -0.25) is 9.59 Å². The van der Waals surface area contributed by atoms with Crippen LogP contribution in [0.3, 0.4) is 0 Å². The number of para-hydroxylation sites is 2. The number of nitrogens with one attached hydrogen (secondary N) is 1. The summed E-state index contributed by atoms with van der Waals surface area (Å²) in [6, 6.07) is 19.9. The maximum atomic E-state index is 13.6. The van der Waals surface area contributed by atoms with Crippen molar-refractivity contribution in [2.75, 3.05) is 16.8 Å². The largest absolute Gasteiger partial charge is 0.492 e. The average Bonchev–Trinajstić information content (AvgIpc) is 2.99. The minimum atomic E-state index is -0.446. The molecule has 0 atom stereocenters. The van der Waals surface area contributed by atoms with Crippen molar-refractivity contribution in [3.05, 3.63) is 94.1 Å². The third-order valence-electron chi connectivity index (χ3n) is 5.25. The van der Waals surface area contributed by atoms with Gasteiger partial charge in [0.2, 0.25) is 0 Å². The fourth-order valence-corrected chi connectivity index (χ4v) is 4.01. The summed E-state index contributed by atoms with van der Waals surface area (Å²) < 4.78 is 5.70. The quantitative estimate of drug-likeness (QED) is 0.489. The van der Waals surface area contributed by atoms with Gasteiger partial charge in [0, 0.05) is 5.02 Å². The number of halogens is 1. The van der Waals surface area contributed by atoms with E-state index in [0.29, 0.717) is 39.9 Å². The van der Waals surface area contributed by atoms with E-state index in [9.17, 15) is 9.59 Å². The Labute approximate surface area is 192 Å². The number of imide groups is 1. The third-order valence-corrected chi connectivity index (χ3v) is 5.48. The summed E-state index contributed by atoms with van der Waals surface area (Å²) >= 11 is 6.14. The highest BCUT2D eigenvalue weighted by atomic mass is 35.5. The standard InChI is InChI=1S/C26H23ClN2O3/c1-4-32-22-11-6-5-10-21(22)28-24-23(20-13-12-16(2)14-17(20)3)25(30)29(26(24)31)19-9-7-8-18(27)15-19/h5-15,28H,4H2,1-3H3. The fourth-order valence-electron chi connectivity index (χ4n) is 3.83. The second-order valence-corrected chi connectivity index (χ2v) is 7.98. The molecule has 6 heteroatoms. The lowest BCUT2D eigenvalue weighted by molar-refractivity contribution is -0.120. The van der Waals surface area contributed by atoms with Gasteiger partial charge in [0.15, 0.2) is 0 Å². The summed E-state index contributed by atoms with van der Waals surface area (Å²) in [4.78, 5) is 28.3. The van der Waals surface area contributed by atoms with Crippen molar-refractivity contribution in [1.29, 1.82) is 0 Å². The van der Waals surface area contributed by atoms with Crippen LogP contribution in [0.15, 0.2) is 72.4 Å². The molecule has 0 fully saturated rings. The monoisotopic (exact) mass is 446 g/mol. The lowest BCUT2D eigenvalue weighted by Crippen LogP contribution is -2.32. The minimum Gasteiger partial charge on any atom is -0.492 e. The molecule has 0 saturated heterocycles. The van der Waals surface area contributed by atoms with Gasteiger partial charge in [-0.15, -0.1) is 0 Å². The molecule has 3 aromatic rings. The molecule has 0 aromatic heterocycles. The molecule has 2 amide bonds. The highest BCUT2D eigenvalue weighted by Crippen LogP contribution is 2.37. The van der Waals surface area contributed by atoms with E-state index in [1.165, 1.54) is 0 Å². The Bertz CT molecular complexity index is 1250. The third kappa shape index (κ3) is 3.99. The first-order valence-corrected chi connectivity index (χ1v) is 10.7. The number of rotatable bonds is 6. The van der Waals surface area contributed by atoms with Crippen LogP contribution in [0.25, 0.3) is 5.57 Å². The van der Waals surface area contributed by atoms with Crippen LogP contribution >= 0.6 is 11.6 Å². The van der Waals surface area contributed by atoms with E-state index in [1.54, 1.807) is 24.3 Å². The Morgan fingerprint density at radius 3 is 2.44 bits per heavy atom. The summed E-state index contributed by atoms with van der Waals surface area (Å²) in [6.45, 7) is 6.29. The lowest BCUT2D eigenvalue weighted by atomic mass is 9.97. The van der Waals surface area contributed by atoms with Gasteiger partial charge in [-0.2, -0.15) is 0 Å². The smallest absolute Gasteiger partial charge is 0.282 e. The van der Waals surface area contributed by atoms with Gasteiger partial charge < -0.3 is 10.1 Å². The number of benzene rings is 3. The zero-order valence-corrected chi connectivity index (χ0v) is 18.9. The first-order chi connectivity index (χ1) is 15.4. The van der Waals surface area contributed by atoms with Crippen LogP contribution in [0.4, 0.5) is 11.4 Å². The van der Waals surface area contributed by atoms with Gasteiger partial charge >= 0.3 is 0 Å². The zero-order valence-electron chi connectivity index (χ0n) is 18.1. The molecule has 0 saturated carbocycles. The lowest BCUT2D eigenvalue weighted by Gasteiger charge is -2.16. The fraction of sp³-hybridized carbons (Fsp3) is 0.154. The summed E-state index contributed by atoms with van der Waals surface area (Å²) in [7, 11) is 0. The summed E-state index contributed by atoms with van der Waals surface area (Å²) in [5.41, 5.74) is 4.24.